The molecule has 0 fully saturated rings. The first kappa shape index (κ1) is 14.9. The third kappa shape index (κ3) is 3.27. The molecule has 4 nitrogen and oxygen atoms in total. The number of fused-ring (bicyclic) bond motifs is 1. The molecule has 1 aliphatic rings. The fourth-order valence-electron chi connectivity index (χ4n) is 2.57. The van der Waals surface area contributed by atoms with Crippen molar-refractivity contribution in [1.82, 2.24) is 14.9 Å². The van der Waals surface area contributed by atoms with Crippen LogP contribution in [0.4, 0.5) is 0 Å². The summed E-state index contributed by atoms with van der Waals surface area (Å²) in [5.74, 6) is 1.05. The zero-order valence-electron chi connectivity index (χ0n) is 12.1. The molecule has 0 aromatic carbocycles. The Morgan fingerprint density at radius 3 is 3.00 bits per heavy atom. The van der Waals surface area contributed by atoms with E-state index in [1.165, 1.54) is 4.88 Å². The molecule has 2 aromatic heterocycles. The number of hydrogen-bond donors (Lipinski definition) is 1. The molecule has 112 valence electrons. The van der Waals surface area contributed by atoms with Crippen molar-refractivity contribution in [3.05, 3.63) is 48.2 Å². The quantitative estimate of drug-likeness (QED) is 0.905. The average molecular weight is 368 g/mol. The van der Waals surface area contributed by atoms with Crippen LogP contribution in [-0.4, -0.2) is 21.4 Å². The number of H-pyrrole nitrogens is 1. The molecule has 0 bridgehead atoms. The topological polar surface area (TPSA) is 49.0 Å². The summed E-state index contributed by atoms with van der Waals surface area (Å²) >= 11 is 5.23. The molecule has 3 rings (SSSR count). The Bertz CT molecular complexity index is 707. The van der Waals surface area contributed by atoms with Gasteiger partial charge >= 0.3 is 0 Å². The molecule has 0 atom stereocenters. The first-order valence-corrected chi connectivity index (χ1v) is 8.77. The van der Waals surface area contributed by atoms with E-state index in [1.807, 2.05) is 0 Å². The Kier molecular flexibility index (Phi) is 4.28. The molecule has 6 heteroatoms. The van der Waals surface area contributed by atoms with Crippen LogP contribution in [0.3, 0.4) is 0 Å². The van der Waals surface area contributed by atoms with Crippen LogP contribution in [0.25, 0.3) is 0 Å². The van der Waals surface area contributed by atoms with Gasteiger partial charge in [-0.05, 0) is 22.0 Å². The second kappa shape index (κ2) is 6.02. The Balaban J connectivity index is 1.81. The van der Waals surface area contributed by atoms with E-state index >= 15 is 0 Å². The minimum absolute atomic E-state index is 0.0285. The summed E-state index contributed by atoms with van der Waals surface area (Å²) in [4.78, 5) is 23.4. The summed E-state index contributed by atoms with van der Waals surface area (Å²) < 4.78 is 1.13. The van der Waals surface area contributed by atoms with Crippen LogP contribution < -0.4 is 5.56 Å². The summed E-state index contributed by atoms with van der Waals surface area (Å²) in [7, 11) is 0. The maximum absolute atomic E-state index is 12.3. The Morgan fingerprint density at radius 1 is 1.52 bits per heavy atom. The summed E-state index contributed by atoms with van der Waals surface area (Å²) in [6, 6.07) is 2.14. The highest BCUT2D eigenvalue weighted by atomic mass is 79.9. The first-order chi connectivity index (χ1) is 10.0. The van der Waals surface area contributed by atoms with Crippen LogP contribution in [-0.2, 0) is 19.5 Å². The van der Waals surface area contributed by atoms with Crippen molar-refractivity contribution >= 4 is 27.3 Å². The second-order valence-electron chi connectivity index (χ2n) is 5.72. The largest absolute Gasteiger partial charge is 0.310 e. The number of nitrogens with one attached hydrogen (secondary N) is 1. The number of rotatable bonds is 3. The van der Waals surface area contributed by atoms with Gasteiger partial charge in [-0.1, -0.05) is 13.8 Å². The van der Waals surface area contributed by atoms with E-state index in [0.717, 1.165) is 41.1 Å². The van der Waals surface area contributed by atoms with Crippen molar-refractivity contribution in [3.8, 4) is 0 Å². The van der Waals surface area contributed by atoms with Crippen LogP contribution in [0.15, 0.2) is 20.7 Å². The smallest absolute Gasteiger partial charge is 0.255 e. The van der Waals surface area contributed by atoms with Gasteiger partial charge in [0, 0.05) is 46.7 Å². The number of aromatic amines is 1. The van der Waals surface area contributed by atoms with E-state index < -0.39 is 0 Å². The van der Waals surface area contributed by atoms with Crippen LogP contribution in [0.2, 0.25) is 0 Å². The van der Waals surface area contributed by atoms with Crippen LogP contribution in [0, 0.1) is 0 Å². The SMILES string of the molecule is CC(C)c1nc2c(c(=O)[nH]1)CN(Cc1cc(Br)cs1)CC2. The van der Waals surface area contributed by atoms with Gasteiger partial charge in [-0.15, -0.1) is 11.3 Å². The molecule has 0 spiro atoms. The molecular weight excluding hydrogens is 350 g/mol. The minimum Gasteiger partial charge on any atom is -0.310 e. The van der Waals surface area contributed by atoms with Gasteiger partial charge in [-0.25, -0.2) is 4.98 Å². The van der Waals surface area contributed by atoms with E-state index in [0.29, 0.717) is 6.54 Å². The molecule has 1 N–H and O–H groups in total. The highest BCUT2D eigenvalue weighted by molar-refractivity contribution is 9.10. The zero-order valence-corrected chi connectivity index (χ0v) is 14.6. The van der Waals surface area contributed by atoms with Gasteiger partial charge < -0.3 is 4.98 Å². The molecule has 2 aromatic rings. The van der Waals surface area contributed by atoms with Crippen molar-refractivity contribution in [3.63, 3.8) is 0 Å². The van der Waals surface area contributed by atoms with Crippen molar-refractivity contribution in [2.45, 2.75) is 39.3 Å². The molecule has 3 heterocycles. The lowest BCUT2D eigenvalue weighted by Gasteiger charge is -2.27. The third-order valence-corrected chi connectivity index (χ3v) is 5.40. The maximum atomic E-state index is 12.3. The number of halogens is 1. The Hall–Kier alpha value is -0.980. The number of hydrogen-bond acceptors (Lipinski definition) is 4. The summed E-state index contributed by atoms with van der Waals surface area (Å²) in [5.41, 5.74) is 1.84. The predicted molar refractivity (Wildman–Crippen MR) is 88.8 cm³/mol. The Morgan fingerprint density at radius 2 is 2.33 bits per heavy atom. The normalized spacial score (nSPS) is 15.4. The van der Waals surface area contributed by atoms with Crippen LogP contribution >= 0.6 is 27.3 Å². The molecule has 1 aliphatic heterocycles. The molecule has 0 amide bonds. The number of thiophene rings is 1. The molecule has 0 saturated carbocycles. The Labute approximate surface area is 136 Å². The van der Waals surface area contributed by atoms with Crippen LogP contribution in [0.5, 0.6) is 0 Å². The summed E-state index contributed by atoms with van der Waals surface area (Å²) in [5, 5.41) is 2.09. The molecule has 0 unspecified atom stereocenters. The van der Waals surface area contributed by atoms with Crippen LogP contribution in [0.1, 0.15) is 41.7 Å². The number of nitrogens with zero attached hydrogens (tertiary/aromatic N) is 2. The van der Waals surface area contributed by atoms with Gasteiger partial charge in [-0.3, -0.25) is 9.69 Å². The fraction of sp³-hybridized carbons (Fsp3) is 0.467. The lowest BCUT2D eigenvalue weighted by atomic mass is 10.1. The van der Waals surface area contributed by atoms with Crippen molar-refractivity contribution in [1.29, 1.82) is 0 Å². The minimum atomic E-state index is 0.0285. The van der Waals surface area contributed by atoms with E-state index in [-0.39, 0.29) is 11.5 Å². The zero-order chi connectivity index (χ0) is 15.0. The maximum Gasteiger partial charge on any atom is 0.255 e. The number of aromatic nitrogens is 2. The standard InChI is InChI=1S/C15H18BrN3OS/c1-9(2)14-17-13-3-4-19(7-12(13)15(20)18-14)6-11-5-10(16)8-21-11/h5,8-9H,3-4,6-7H2,1-2H3,(H,17,18,20). The lowest BCUT2D eigenvalue weighted by molar-refractivity contribution is 0.243. The first-order valence-electron chi connectivity index (χ1n) is 7.10. The lowest BCUT2D eigenvalue weighted by Crippen LogP contribution is -2.35. The van der Waals surface area contributed by atoms with Gasteiger partial charge in [0.25, 0.3) is 5.56 Å². The fourth-order valence-corrected chi connectivity index (χ4v) is 4.06. The summed E-state index contributed by atoms with van der Waals surface area (Å²) in [6.07, 6.45) is 0.853. The molecule has 21 heavy (non-hydrogen) atoms. The van der Waals surface area contributed by atoms with E-state index in [4.69, 9.17) is 0 Å². The van der Waals surface area contributed by atoms with Gasteiger partial charge in [0.2, 0.25) is 0 Å². The van der Waals surface area contributed by atoms with Crippen molar-refractivity contribution in [2.24, 2.45) is 0 Å². The second-order valence-corrected chi connectivity index (χ2v) is 7.63. The van der Waals surface area contributed by atoms with Crippen molar-refractivity contribution < 1.29 is 0 Å². The highest BCUT2D eigenvalue weighted by Crippen LogP contribution is 2.23. The molecule has 0 saturated heterocycles. The monoisotopic (exact) mass is 367 g/mol. The van der Waals surface area contributed by atoms with Gasteiger partial charge in [0.15, 0.2) is 0 Å². The highest BCUT2D eigenvalue weighted by Gasteiger charge is 2.22. The van der Waals surface area contributed by atoms with Gasteiger partial charge in [0.05, 0.1) is 11.3 Å². The van der Waals surface area contributed by atoms with E-state index in [1.54, 1.807) is 11.3 Å². The van der Waals surface area contributed by atoms with Crippen molar-refractivity contribution in [2.75, 3.05) is 6.54 Å². The average Bonchev–Trinajstić information content (AvgIpc) is 2.84. The predicted octanol–water partition coefficient (Wildman–Crippen LogP) is 3.28. The molecule has 0 aliphatic carbocycles. The van der Waals surface area contributed by atoms with E-state index in [9.17, 15) is 4.79 Å². The van der Waals surface area contributed by atoms with Gasteiger partial charge in [0.1, 0.15) is 5.82 Å². The van der Waals surface area contributed by atoms with E-state index in [2.05, 4.69) is 56.1 Å². The molecular formula is C15H18BrN3OS. The third-order valence-electron chi connectivity index (χ3n) is 3.71. The van der Waals surface area contributed by atoms with Gasteiger partial charge in [-0.2, -0.15) is 0 Å². The molecule has 0 radical (unpaired) electrons. The summed E-state index contributed by atoms with van der Waals surface area (Å²) in [6.45, 7) is 6.63.